The van der Waals surface area contributed by atoms with Gasteiger partial charge in [-0.05, 0) is 63.8 Å². The number of aliphatic hydroxyl groups is 1. The minimum Gasteiger partial charge on any atom is -0.381 e. The Balaban J connectivity index is 1.52. The number of pyridine rings is 1. The number of amides is 2. The molecule has 6 nitrogen and oxygen atoms in total. The van der Waals surface area contributed by atoms with Crippen LogP contribution in [-0.4, -0.2) is 39.6 Å². The van der Waals surface area contributed by atoms with E-state index in [0.717, 1.165) is 25.7 Å². The normalized spacial score (nSPS) is 19.4. The van der Waals surface area contributed by atoms with Crippen LogP contribution in [0.3, 0.4) is 0 Å². The summed E-state index contributed by atoms with van der Waals surface area (Å²) in [6.45, 7) is 2.92. The third kappa shape index (κ3) is 5.60. The quantitative estimate of drug-likeness (QED) is 0.721. The van der Waals surface area contributed by atoms with Gasteiger partial charge in [0.1, 0.15) is 11.4 Å². The summed E-state index contributed by atoms with van der Waals surface area (Å²) in [6.07, 6.45) is 4.46. The van der Waals surface area contributed by atoms with E-state index in [1.54, 1.807) is 24.3 Å². The first kappa shape index (κ1) is 20.9. The Kier molecular flexibility index (Phi) is 6.27. The van der Waals surface area contributed by atoms with Crippen LogP contribution in [0.15, 0.2) is 42.6 Å². The van der Waals surface area contributed by atoms with Crippen molar-refractivity contribution in [3.63, 3.8) is 0 Å². The Hall–Kier alpha value is -2.80. The van der Waals surface area contributed by atoms with Crippen LogP contribution in [-0.2, 0) is 4.79 Å². The molecule has 1 heterocycles. The van der Waals surface area contributed by atoms with E-state index in [0.29, 0.717) is 16.8 Å². The molecule has 0 saturated heterocycles. The number of carbonyl (C=O) groups is 2. The van der Waals surface area contributed by atoms with Gasteiger partial charge in [0, 0.05) is 23.8 Å². The van der Waals surface area contributed by atoms with E-state index in [1.807, 2.05) is 0 Å². The Morgan fingerprint density at radius 1 is 1.07 bits per heavy atom. The molecule has 1 aliphatic carbocycles. The maximum absolute atomic E-state index is 13.3. The lowest BCUT2D eigenvalue weighted by Crippen LogP contribution is -2.49. The van der Waals surface area contributed by atoms with Crippen molar-refractivity contribution in [2.24, 2.45) is 0 Å². The standard InChI is InChI=1S/C22H26FN3O3/c1-22(2,29)21(28)26-18-9-7-17(8-10-18)25-20(27)15-6-11-19(24-13-15)14-4-3-5-16(23)12-14/h3-6,11-13,17-18,29H,7-10H2,1-2H3,(H,25,27)(H,26,28)/t17-,18+. The molecule has 2 amide bonds. The summed E-state index contributed by atoms with van der Waals surface area (Å²) in [5.41, 5.74) is 0.311. The summed E-state index contributed by atoms with van der Waals surface area (Å²) in [4.78, 5) is 28.6. The predicted molar refractivity (Wildman–Crippen MR) is 108 cm³/mol. The minimum absolute atomic E-state index is 0.00861. The molecule has 3 rings (SSSR count). The zero-order valence-corrected chi connectivity index (χ0v) is 16.6. The van der Waals surface area contributed by atoms with Crippen LogP contribution in [0.25, 0.3) is 11.3 Å². The van der Waals surface area contributed by atoms with Gasteiger partial charge in [-0.1, -0.05) is 12.1 Å². The lowest BCUT2D eigenvalue weighted by Gasteiger charge is -2.31. The van der Waals surface area contributed by atoms with Gasteiger partial charge in [0.15, 0.2) is 0 Å². The van der Waals surface area contributed by atoms with Crippen LogP contribution in [0.1, 0.15) is 49.9 Å². The Morgan fingerprint density at radius 3 is 2.28 bits per heavy atom. The third-order valence-corrected chi connectivity index (χ3v) is 5.10. The van der Waals surface area contributed by atoms with Crippen molar-refractivity contribution in [1.29, 1.82) is 0 Å². The van der Waals surface area contributed by atoms with Crippen LogP contribution < -0.4 is 10.6 Å². The zero-order valence-electron chi connectivity index (χ0n) is 16.6. The van der Waals surface area contributed by atoms with Gasteiger partial charge in [-0.25, -0.2) is 4.39 Å². The fourth-order valence-electron chi connectivity index (χ4n) is 3.36. The highest BCUT2D eigenvalue weighted by molar-refractivity contribution is 5.94. The summed E-state index contributed by atoms with van der Waals surface area (Å²) < 4.78 is 13.3. The molecule has 29 heavy (non-hydrogen) atoms. The average molecular weight is 399 g/mol. The molecule has 1 aliphatic rings. The topological polar surface area (TPSA) is 91.3 Å². The molecule has 154 valence electrons. The molecule has 1 fully saturated rings. The first-order chi connectivity index (χ1) is 13.7. The Morgan fingerprint density at radius 2 is 1.72 bits per heavy atom. The predicted octanol–water partition coefficient (Wildman–Crippen LogP) is 2.82. The molecule has 1 saturated carbocycles. The van der Waals surface area contributed by atoms with E-state index in [-0.39, 0.29) is 29.7 Å². The highest BCUT2D eigenvalue weighted by Crippen LogP contribution is 2.21. The molecule has 0 unspecified atom stereocenters. The summed E-state index contributed by atoms with van der Waals surface area (Å²) in [6, 6.07) is 9.57. The van der Waals surface area contributed by atoms with Gasteiger partial charge in [-0.2, -0.15) is 0 Å². The van der Waals surface area contributed by atoms with Crippen molar-refractivity contribution < 1.29 is 19.1 Å². The average Bonchev–Trinajstić information content (AvgIpc) is 2.69. The van der Waals surface area contributed by atoms with Gasteiger partial charge in [0.25, 0.3) is 11.8 Å². The van der Waals surface area contributed by atoms with E-state index >= 15 is 0 Å². The SMILES string of the molecule is CC(C)(O)C(=O)N[C@H]1CC[C@@H](NC(=O)c2ccc(-c3cccc(F)c3)nc2)CC1. The van der Waals surface area contributed by atoms with Gasteiger partial charge in [-0.15, -0.1) is 0 Å². The van der Waals surface area contributed by atoms with Crippen LogP contribution in [0.5, 0.6) is 0 Å². The van der Waals surface area contributed by atoms with Crippen molar-refractivity contribution in [2.45, 2.75) is 57.2 Å². The summed E-state index contributed by atoms with van der Waals surface area (Å²) in [7, 11) is 0. The maximum Gasteiger partial charge on any atom is 0.253 e. The second-order valence-electron chi connectivity index (χ2n) is 8.00. The largest absolute Gasteiger partial charge is 0.381 e. The van der Waals surface area contributed by atoms with Crippen molar-refractivity contribution >= 4 is 11.8 Å². The summed E-state index contributed by atoms with van der Waals surface area (Å²) in [5.74, 6) is -0.915. The molecule has 1 aromatic heterocycles. The molecule has 0 radical (unpaired) electrons. The molecular weight excluding hydrogens is 373 g/mol. The van der Waals surface area contributed by atoms with Crippen LogP contribution in [0.4, 0.5) is 4.39 Å². The summed E-state index contributed by atoms with van der Waals surface area (Å²) >= 11 is 0. The van der Waals surface area contributed by atoms with E-state index in [9.17, 15) is 19.1 Å². The van der Waals surface area contributed by atoms with Crippen LogP contribution in [0.2, 0.25) is 0 Å². The molecule has 0 bridgehead atoms. The van der Waals surface area contributed by atoms with Gasteiger partial charge >= 0.3 is 0 Å². The molecule has 3 N–H and O–H groups in total. The molecule has 0 aliphatic heterocycles. The van der Waals surface area contributed by atoms with E-state index in [4.69, 9.17) is 0 Å². The first-order valence-corrected chi connectivity index (χ1v) is 9.78. The molecule has 1 aromatic carbocycles. The number of benzene rings is 1. The van der Waals surface area contributed by atoms with E-state index in [2.05, 4.69) is 15.6 Å². The fourth-order valence-corrected chi connectivity index (χ4v) is 3.36. The number of hydrogen-bond acceptors (Lipinski definition) is 4. The van der Waals surface area contributed by atoms with Crippen molar-refractivity contribution in [2.75, 3.05) is 0 Å². The molecule has 0 spiro atoms. The van der Waals surface area contributed by atoms with E-state index in [1.165, 1.54) is 32.2 Å². The van der Waals surface area contributed by atoms with Gasteiger partial charge in [-0.3, -0.25) is 14.6 Å². The van der Waals surface area contributed by atoms with Gasteiger partial charge < -0.3 is 15.7 Å². The number of hydrogen-bond donors (Lipinski definition) is 3. The number of nitrogens with one attached hydrogen (secondary N) is 2. The second-order valence-corrected chi connectivity index (χ2v) is 8.00. The smallest absolute Gasteiger partial charge is 0.253 e. The van der Waals surface area contributed by atoms with Crippen LogP contribution in [0, 0.1) is 5.82 Å². The van der Waals surface area contributed by atoms with Gasteiger partial charge in [0.2, 0.25) is 0 Å². The summed E-state index contributed by atoms with van der Waals surface area (Å²) in [5, 5.41) is 15.6. The highest BCUT2D eigenvalue weighted by Gasteiger charge is 2.29. The van der Waals surface area contributed by atoms with Gasteiger partial charge in [0.05, 0.1) is 11.3 Å². The fraction of sp³-hybridized carbons (Fsp3) is 0.409. The first-order valence-electron chi connectivity index (χ1n) is 9.78. The number of rotatable bonds is 5. The highest BCUT2D eigenvalue weighted by atomic mass is 19.1. The second kappa shape index (κ2) is 8.69. The maximum atomic E-state index is 13.3. The van der Waals surface area contributed by atoms with Crippen molar-refractivity contribution in [1.82, 2.24) is 15.6 Å². The Bertz CT molecular complexity index is 870. The number of aromatic nitrogens is 1. The molecule has 7 heteroatoms. The van der Waals surface area contributed by atoms with Crippen molar-refractivity contribution in [3.8, 4) is 11.3 Å². The lowest BCUT2D eigenvalue weighted by molar-refractivity contribution is -0.137. The number of halogens is 1. The molecular formula is C22H26FN3O3. The Labute approximate surface area is 169 Å². The molecule has 2 aromatic rings. The lowest BCUT2D eigenvalue weighted by atomic mass is 9.90. The monoisotopic (exact) mass is 399 g/mol. The number of carbonyl (C=O) groups excluding carboxylic acids is 2. The van der Waals surface area contributed by atoms with E-state index < -0.39 is 5.60 Å². The number of nitrogens with zero attached hydrogens (tertiary/aromatic N) is 1. The van der Waals surface area contributed by atoms with Crippen molar-refractivity contribution in [3.05, 3.63) is 54.0 Å². The molecule has 0 atom stereocenters. The minimum atomic E-state index is -1.39. The third-order valence-electron chi connectivity index (χ3n) is 5.10. The zero-order chi connectivity index (χ0) is 21.0. The van der Waals surface area contributed by atoms with Crippen LogP contribution >= 0.6 is 0 Å².